The van der Waals surface area contributed by atoms with E-state index in [1.165, 1.54) is 4.88 Å². The molecule has 0 fully saturated rings. The molecule has 4 aromatic heterocycles. The standard InChI is InChI=1S/C22H24N8OS/c1-4-20(29-23)28-16-9-15(22(31)27-14(3)17-10-24-7-8-25-17)12-30-18(11-26-21(16)30)19-6-5-13(2)32-19/h5-12,14H,4,23H2,1-3H3,(H,27,31)(H,28,29). The van der Waals surface area contributed by atoms with E-state index in [2.05, 4.69) is 49.7 Å². The molecule has 164 valence electrons. The van der Waals surface area contributed by atoms with Gasteiger partial charge in [0.15, 0.2) is 5.65 Å². The van der Waals surface area contributed by atoms with Gasteiger partial charge in [0, 0.05) is 29.9 Å². The molecule has 0 aliphatic carbocycles. The summed E-state index contributed by atoms with van der Waals surface area (Å²) < 4.78 is 1.92. The molecular formula is C22H24N8OS. The normalized spacial score (nSPS) is 12.7. The lowest BCUT2D eigenvalue weighted by Gasteiger charge is -2.15. The first-order valence-corrected chi connectivity index (χ1v) is 11.0. The molecule has 0 aliphatic rings. The number of rotatable bonds is 6. The van der Waals surface area contributed by atoms with Crippen molar-refractivity contribution in [3.05, 3.63) is 65.3 Å². The maximum atomic E-state index is 13.1. The molecule has 0 spiro atoms. The molecule has 9 nitrogen and oxygen atoms in total. The molecule has 0 saturated carbocycles. The number of hydrogen-bond acceptors (Lipinski definition) is 7. The SMILES string of the molecule is CC/C(=N/N)Nc1cc(C(=O)NC(C)c2cnccn2)cn2c(-c3ccc(C)s3)cnc12. The zero-order valence-corrected chi connectivity index (χ0v) is 18.8. The van der Waals surface area contributed by atoms with Gasteiger partial charge in [-0.2, -0.15) is 5.10 Å². The molecule has 1 unspecified atom stereocenters. The monoisotopic (exact) mass is 448 g/mol. The summed E-state index contributed by atoms with van der Waals surface area (Å²) in [6.07, 6.45) is 9.05. The van der Waals surface area contributed by atoms with Crippen molar-refractivity contribution in [2.24, 2.45) is 10.9 Å². The van der Waals surface area contributed by atoms with Gasteiger partial charge >= 0.3 is 0 Å². The molecule has 0 aromatic carbocycles. The molecule has 1 amide bonds. The number of nitrogens with one attached hydrogen (secondary N) is 2. The molecule has 4 N–H and O–H groups in total. The van der Waals surface area contributed by atoms with Crippen LogP contribution in [0.4, 0.5) is 5.69 Å². The van der Waals surface area contributed by atoms with Crippen molar-refractivity contribution in [1.82, 2.24) is 24.7 Å². The molecule has 0 aliphatic heterocycles. The highest BCUT2D eigenvalue weighted by Crippen LogP contribution is 2.31. The number of carbonyl (C=O) groups is 1. The highest BCUT2D eigenvalue weighted by molar-refractivity contribution is 7.15. The number of hydrogen-bond donors (Lipinski definition) is 3. The minimum Gasteiger partial charge on any atom is -0.344 e. The minimum atomic E-state index is -0.303. The Morgan fingerprint density at radius 1 is 1.28 bits per heavy atom. The maximum absolute atomic E-state index is 13.1. The van der Waals surface area contributed by atoms with Crippen LogP contribution in [0.15, 0.2) is 54.3 Å². The van der Waals surface area contributed by atoms with Crippen molar-refractivity contribution >= 4 is 34.4 Å². The number of aromatic nitrogens is 4. The maximum Gasteiger partial charge on any atom is 0.253 e. The van der Waals surface area contributed by atoms with Crippen molar-refractivity contribution in [3.63, 3.8) is 0 Å². The van der Waals surface area contributed by atoms with Crippen LogP contribution >= 0.6 is 11.3 Å². The fourth-order valence-corrected chi connectivity index (χ4v) is 4.19. The van der Waals surface area contributed by atoms with E-state index in [4.69, 9.17) is 5.84 Å². The third-order valence-corrected chi connectivity index (χ3v) is 6.03. The molecule has 0 bridgehead atoms. The van der Waals surface area contributed by atoms with Crippen LogP contribution in [0.25, 0.3) is 16.2 Å². The Morgan fingerprint density at radius 2 is 2.12 bits per heavy atom. The van der Waals surface area contributed by atoms with E-state index in [1.807, 2.05) is 18.2 Å². The molecule has 1 atom stereocenters. The van der Waals surface area contributed by atoms with Crippen molar-refractivity contribution in [3.8, 4) is 10.6 Å². The lowest BCUT2D eigenvalue weighted by molar-refractivity contribution is 0.0938. The van der Waals surface area contributed by atoms with Gasteiger partial charge in [0.2, 0.25) is 0 Å². The van der Waals surface area contributed by atoms with E-state index in [0.717, 1.165) is 10.6 Å². The fraction of sp³-hybridized carbons (Fsp3) is 0.227. The molecule has 0 radical (unpaired) electrons. The van der Waals surface area contributed by atoms with Gasteiger partial charge in [-0.15, -0.1) is 11.3 Å². The predicted octanol–water partition coefficient (Wildman–Crippen LogP) is 3.75. The lowest BCUT2D eigenvalue weighted by atomic mass is 10.2. The minimum absolute atomic E-state index is 0.238. The number of fused-ring (bicyclic) bond motifs is 1. The highest BCUT2D eigenvalue weighted by atomic mass is 32.1. The molecule has 4 aromatic rings. The van der Waals surface area contributed by atoms with Gasteiger partial charge in [-0.05, 0) is 32.0 Å². The van der Waals surface area contributed by atoms with Crippen LogP contribution in [-0.2, 0) is 0 Å². The van der Waals surface area contributed by atoms with Gasteiger partial charge in [-0.1, -0.05) is 6.92 Å². The van der Waals surface area contributed by atoms with Crippen LogP contribution in [0.3, 0.4) is 0 Å². The number of thiophene rings is 1. The predicted molar refractivity (Wildman–Crippen MR) is 127 cm³/mol. The lowest BCUT2D eigenvalue weighted by Crippen LogP contribution is -2.27. The summed E-state index contributed by atoms with van der Waals surface area (Å²) in [6.45, 7) is 5.87. The van der Waals surface area contributed by atoms with Gasteiger partial charge in [-0.3, -0.25) is 19.2 Å². The van der Waals surface area contributed by atoms with Crippen molar-refractivity contribution in [1.29, 1.82) is 0 Å². The number of imidazole rings is 1. The number of carbonyl (C=O) groups excluding carboxylic acids is 1. The van der Waals surface area contributed by atoms with Gasteiger partial charge < -0.3 is 16.5 Å². The van der Waals surface area contributed by atoms with Crippen LogP contribution in [-0.4, -0.2) is 31.1 Å². The number of nitrogens with zero attached hydrogens (tertiary/aromatic N) is 5. The zero-order chi connectivity index (χ0) is 22.7. The summed E-state index contributed by atoms with van der Waals surface area (Å²) in [7, 11) is 0. The van der Waals surface area contributed by atoms with Gasteiger partial charge in [0.05, 0.1) is 46.0 Å². The average Bonchev–Trinajstić information content (AvgIpc) is 3.43. The second-order valence-electron chi connectivity index (χ2n) is 7.27. The Balaban J connectivity index is 1.76. The summed E-state index contributed by atoms with van der Waals surface area (Å²) in [5, 5.41) is 9.99. The molecular weight excluding hydrogens is 424 g/mol. The van der Waals surface area contributed by atoms with Crippen LogP contribution in [0, 0.1) is 6.92 Å². The van der Waals surface area contributed by atoms with Gasteiger partial charge in [-0.25, -0.2) is 4.98 Å². The summed E-state index contributed by atoms with van der Waals surface area (Å²) in [5.41, 5.74) is 3.38. The van der Waals surface area contributed by atoms with E-state index in [1.54, 1.807) is 48.4 Å². The fourth-order valence-electron chi connectivity index (χ4n) is 3.31. The van der Waals surface area contributed by atoms with Crippen LogP contribution in [0.2, 0.25) is 0 Å². The molecule has 4 heterocycles. The van der Waals surface area contributed by atoms with Crippen LogP contribution < -0.4 is 16.5 Å². The Morgan fingerprint density at radius 3 is 2.78 bits per heavy atom. The number of aryl methyl sites for hydroxylation is 1. The molecule has 32 heavy (non-hydrogen) atoms. The number of pyridine rings is 1. The van der Waals surface area contributed by atoms with Crippen molar-refractivity contribution in [2.45, 2.75) is 33.2 Å². The molecule has 4 rings (SSSR count). The van der Waals surface area contributed by atoms with Crippen molar-refractivity contribution < 1.29 is 4.79 Å². The van der Waals surface area contributed by atoms with E-state index in [-0.39, 0.29) is 11.9 Å². The number of hydrazone groups is 1. The largest absolute Gasteiger partial charge is 0.344 e. The summed E-state index contributed by atoms with van der Waals surface area (Å²) in [5.74, 6) is 5.86. The Bertz CT molecular complexity index is 1280. The van der Waals surface area contributed by atoms with Gasteiger partial charge in [0.25, 0.3) is 5.91 Å². The quantitative estimate of drug-likeness (QED) is 0.179. The number of amidine groups is 1. The summed E-state index contributed by atoms with van der Waals surface area (Å²) in [6, 6.07) is 5.57. The first-order chi connectivity index (χ1) is 15.5. The highest BCUT2D eigenvalue weighted by Gasteiger charge is 2.18. The Hall–Kier alpha value is -3.79. The number of amides is 1. The summed E-state index contributed by atoms with van der Waals surface area (Å²) >= 11 is 1.67. The zero-order valence-electron chi connectivity index (χ0n) is 18.0. The second kappa shape index (κ2) is 9.15. The number of anilines is 1. The number of nitrogens with two attached hydrogens (primary N) is 1. The van der Waals surface area contributed by atoms with E-state index < -0.39 is 0 Å². The first kappa shape index (κ1) is 21.4. The average molecular weight is 449 g/mol. The third kappa shape index (κ3) is 4.30. The molecule has 0 saturated heterocycles. The first-order valence-electron chi connectivity index (χ1n) is 10.2. The smallest absolute Gasteiger partial charge is 0.253 e. The second-order valence-corrected chi connectivity index (χ2v) is 8.56. The van der Waals surface area contributed by atoms with E-state index in [0.29, 0.717) is 34.8 Å². The van der Waals surface area contributed by atoms with Crippen LogP contribution in [0.1, 0.15) is 47.2 Å². The van der Waals surface area contributed by atoms with E-state index >= 15 is 0 Å². The summed E-state index contributed by atoms with van der Waals surface area (Å²) in [4.78, 5) is 28.3. The Labute approximate surface area is 189 Å². The molecule has 10 heteroatoms. The topological polar surface area (TPSA) is 123 Å². The third-order valence-electron chi connectivity index (χ3n) is 5.00. The van der Waals surface area contributed by atoms with Crippen molar-refractivity contribution in [2.75, 3.05) is 5.32 Å². The Kier molecular flexibility index (Phi) is 6.13. The van der Waals surface area contributed by atoms with Gasteiger partial charge in [0.1, 0.15) is 5.84 Å². The van der Waals surface area contributed by atoms with E-state index in [9.17, 15) is 4.79 Å². The van der Waals surface area contributed by atoms with Crippen LogP contribution in [0.5, 0.6) is 0 Å².